The molecular weight excluding hydrogens is 296 g/mol. The van der Waals surface area contributed by atoms with Crippen molar-refractivity contribution in [2.45, 2.75) is 64.5 Å². The van der Waals surface area contributed by atoms with Gasteiger partial charge >= 0.3 is 0 Å². The van der Waals surface area contributed by atoms with Crippen molar-refractivity contribution in [3.05, 3.63) is 16.4 Å². The lowest BCUT2D eigenvalue weighted by Gasteiger charge is -2.33. The molecule has 0 bridgehead atoms. The molecule has 0 spiro atoms. The molecule has 1 heterocycles. The van der Waals surface area contributed by atoms with Crippen LogP contribution in [0.25, 0.3) is 0 Å². The Kier molecular flexibility index (Phi) is 5.25. The number of likely N-dealkylation sites (N-methyl/N-ethyl adjacent to an activating group) is 1. The monoisotopic (exact) mass is 319 g/mol. The van der Waals surface area contributed by atoms with Gasteiger partial charge in [0.05, 0.1) is 16.4 Å². The highest BCUT2D eigenvalue weighted by Gasteiger charge is 2.37. The first-order chi connectivity index (χ1) is 9.88. The molecular formula is C15H24ClF2N3. The molecule has 1 atom stereocenters. The van der Waals surface area contributed by atoms with Crippen molar-refractivity contribution in [2.24, 2.45) is 5.92 Å². The highest BCUT2D eigenvalue weighted by atomic mass is 35.5. The van der Waals surface area contributed by atoms with E-state index in [0.717, 1.165) is 24.4 Å². The molecule has 0 saturated heterocycles. The van der Waals surface area contributed by atoms with Crippen LogP contribution in [0, 0.1) is 12.8 Å². The fourth-order valence-corrected chi connectivity index (χ4v) is 3.45. The Morgan fingerprint density at radius 2 is 2.05 bits per heavy atom. The number of aryl methyl sites for hydroxylation is 2. The maximum atomic E-state index is 13.3. The number of hydrogen-bond acceptors (Lipinski definition) is 2. The van der Waals surface area contributed by atoms with Gasteiger partial charge in [0.15, 0.2) is 0 Å². The third-order valence-electron chi connectivity index (χ3n) is 4.57. The van der Waals surface area contributed by atoms with Crippen molar-refractivity contribution < 1.29 is 8.78 Å². The quantitative estimate of drug-likeness (QED) is 0.894. The summed E-state index contributed by atoms with van der Waals surface area (Å²) in [4.78, 5) is 0. The molecule has 0 aliphatic heterocycles. The Balaban J connectivity index is 2.10. The summed E-state index contributed by atoms with van der Waals surface area (Å²) in [7, 11) is 1.89. The van der Waals surface area contributed by atoms with Crippen LogP contribution in [0.2, 0.25) is 5.02 Å². The average molecular weight is 320 g/mol. The van der Waals surface area contributed by atoms with Gasteiger partial charge in [-0.3, -0.25) is 4.68 Å². The van der Waals surface area contributed by atoms with Crippen LogP contribution in [0.3, 0.4) is 0 Å². The van der Waals surface area contributed by atoms with Crippen LogP contribution in [-0.4, -0.2) is 28.8 Å². The SMILES string of the molecule is CCn1nc(C)c(Cl)c1CC(NC)C1CCC(F)(F)CC1. The van der Waals surface area contributed by atoms with Crippen molar-refractivity contribution in [3.63, 3.8) is 0 Å². The zero-order valence-corrected chi connectivity index (χ0v) is 13.7. The molecule has 1 aromatic rings. The van der Waals surface area contributed by atoms with Gasteiger partial charge in [-0.25, -0.2) is 8.78 Å². The number of rotatable bonds is 5. The zero-order chi connectivity index (χ0) is 15.6. The van der Waals surface area contributed by atoms with E-state index in [-0.39, 0.29) is 24.8 Å². The first-order valence-corrected chi connectivity index (χ1v) is 8.02. The van der Waals surface area contributed by atoms with Crippen molar-refractivity contribution in [3.8, 4) is 0 Å². The second kappa shape index (κ2) is 6.61. The lowest BCUT2D eigenvalue weighted by molar-refractivity contribution is -0.0493. The number of alkyl halides is 2. The minimum Gasteiger partial charge on any atom is -0.316 e. The molecule has 0 radical (unpaired) electrons. The molecule has 0 amide bonds. The molecule has 6 heteroatoms. The average Bonchev–Trinajstić information content (AvgIpc) is 2.72. The van der Waals surface area contributed by atoms with Gasteiger partial charge in [-0.05, 0) is 39.7 Å². The van der Waals surface area contributed by atoms with Gasteiger partial charge in [0.2, 0.25) is 5.92 Å². The maximum absolute atomic E-state index is 13.3. The predicted molar refractivity (Wildman–Crippen MR) is 81.1 cm³/mol. The van der Waals surface area contributed by atoms with Crippen LogP contribution in [0.15, 0.2) is 0 Å². The van der Waals surface area contributed by atoms with E-state index in [1.165, 1.54) is 0 Å². The Morgan fingerprint density at radius 1 is 1.43 bits per heavy atom. The first-order valence-electron chi connectivity index (χ1n) is 7.64. The van der Waals surface area contributed by atoms with Gasteiger partial charge in [0.1, 0.15) is 0 Å². The van der Waals surface area contributed by atoms with Crippen LogP contribution in [0.1, 0.15) is 44.0 Å². The van der Waals surface area contributed by atoms with Gasteiger partial charge in [0, 0.05) is 31.8 Å². The number of aromatic nitrogens is 2. The summed E-state index contributed by atoms with van der Waals surface area (Å²) < 4.78 is 28.5. The lowest BCUT2D eigenvalue weighted by Crippen LogP contribution is -2.40. The molecule has 2 rings (SSSR count). The summed E-state index contributed by atoms with van der Waals surface area (Å²) in [5.41, 5.74) is 1.84. The topological polar surface area (TPSA) is 29.9 Å². The molecule has 1 aliphatic carbocycles. The Hall–Kier alpha value is -0.680. The van der Waals surface area contributed by atoms with Crippen molar-refractivity contribution in [1.82, 2.24) is 15.1 Å². The van der Waals surface area contributed by atoms with Gasteiger partial charge in [-0.2, -0.15) is 5.10 Å². The minimum absolute atomic E-state index is 0.00432. The fourth-order valence-electron chi connectivity index (χ4n) is 3.24. The summed E-state index contributed by atoms with van der Waals surface area (Å²) in [6, 6.07) is 0.167. The van der Waals surface area contributed by atoms with Crippen molar-refractivity contribution >= 4 is 11.6 Å². The first kappa shape index (κ1) is 16.7. The van der Waals surface area contributed by atoms with Crippen LogP contribution >= 0.6 is 11.6 Å². The van der Waals surface area contributed by atoms with Crippen molar-refractivity contribution in [1.29, 1.82) is 0 Å². The Morgan fingerprint density at radius 3 is 2.57 bits per heavy atom. The molecule has 120 valence electrons. The number of nitrogens with one attached hydrogen (secondary N) is 1. The third kappa shape index (κ3) is 3.75. The van der Waals surface area contributed by atoms with Gasteiger partial charge in [0.25, 0.3) is 0 Å². The Bertz CT molecular complexity index is 478. The standard InChI is InChI=1S/C15H24ClF2N3/c1-4-21-13(14(16)10(2)20-21)9-12(19-3)11-5-7-15(17,18)8-6-11/h11-12,19H,4-9H2,1-3H3. The second-order valence-corrected chi connectivity index (χ2v) is 6.33. The molecule has 1 aromatic heterocycles. The fraction of sp³-hybridized carbons (Fsp3) is 0.800. The molecule has 1 unspecified atom stereocenters. The summed E-state index contributed by atoms with van der Waals surface area (Å²) in [6.45, 7) is 4.69. The van der Waals surface area contributed by atoms with Crippen LogP contribution in [0.4, 0.5) is 8.78 Å². The molecule has 1 saturated carbocycles. The number of hydrogen-bond donors (Lipinski definition) is 1. The zero-order valence-electron chi connectivity index (χ0n) is 12.9. The largest absolute Gasteiger partial charge is 0.316 e. The second-order valence-electron chi connectivity index (χ2n) is 5.95. The van der Waals surface area contributed by atoms with Gasteiger partial charge in [-0.15, -0.1) is 0 Å². The van der Waals surface area contributed by atoms with Crippen LogP contribution in [0.5, 0.6) is 0 Å². The summed E-state index contributed by atoms with van der Waals surface area (Å²) in [5.74, 6) is -2.21. The molecule has 3 nitrogen and oxygen atoms in total. The predicted octanol–water partition coefficient (Wildman–Crippen LogP) is 3.82. The summed E-state index contributed by atoms with van der Waals surface area (Å²) in [5, 5.41) is 8.42. The Labute approximate surface area is 130 Å². The lowest BCUT2D eigenvalue weighted by atomic mass is 9.80. The minimum atomic E-state index is -2.48. The molecule has 1 fully saturated rings. The van der Waals surface area contributed by atoms with E-state index in [1.807, 2.05) is 25.6 Å². The summed E-state index contributed by atoms with van der Waals surface area (Å²) >= 11 is 6.35. The number of nitrogens with zero attached hydrogens (tertiary/aromatic N) is 2. The molecule has 0 aromatic carbocycles. The van der Waals surface area contributed by atoms with E-state index in [1.54, 1.807) is 0 Å². The normalized spacial score (nSPS) is 20.7. The highest BCUT2D eigenvalue weighted by Crippen LogP contribution is 2.38. The number of halogens is 3. The molecule has 21 heavy (non-hydrogen) atoms. The van der Waals surface area contributed by atoms with Crippen molar-refractivity contribution in [2.75, 3.05) is 7.05 Å². The van der Waals surface area contributed by atoms with Gasteiger partial charge < -0.3 is 5.32 Å². The van der Waals surface area contributed by atoms with E-state index in [0.29, 0.717) is 17.9 Å². The summed E-state index contributed by atoms with van der Waals surface area (Å²) in [6.07, 6.45) is 1.86. The van der Waals surface area contributed by atoms with E-state index >= 15 is 0 Å². The van der Waals surface area contributed by atoms with Crippen LogP contribution < -0.4 is 5.32 Å². The molecule has 1 N–H and O–H groups in total. The van der Waals surface area contributed by atoms with E-state index in [2.05, 4.69) is 10.4 Å². The third-order valence-corrected chi connectivity index (χ3v) is 5.06. The van der Waals surface area contributed by atoms with E-state index in [9.17, 15) is 8.78 Å². The maximum Gasteiger partial charge on any atom is 0.248 e. The van der Waals surface area contributed by atoms with Crippen LogP contribution in [-0.2, 0) is 13.0 Å². The van der Waals surface area contributed by atoms with E-state index in [4.69, 9.17) is 11.6 Å². The smallest absolute Gasteiger partial charge is 0.248 e. The van der Waals surface area contributed by atoms with Gasteiger partial charge in [-0.1, -0.05) is 11.6 Å². The van der Waals surface area contributed by atoms with E-state index < -0.39 is 5.92 Å². The highest BCUT2D eigenvalue weighted by molar-refractivity contribution is 6.31. The molecule has 1 aliphatic rings.